The lowest BCUT2D eigenvalue weighted by atomic mass is 9.87. The Balaban J connectivity index is 2.86. The molecule has 1 aliphatic heterocycles. The molecule has 10 nitrogen and oxygen atoms in total. The zero-order valence-corrected chi connectivity index (χ0v) is 16.0. The third kappa shape index (κ3) is 6.11. The molecule has 0 bridgehead atoms. The van der Waals surface area contributed by atoms with E-state index in [0.717, 1.165) is 0 Å². The van der Waals surface area contributed by atoms with Crippen LogP contribution in [0.1, 0.15) is 41.5 Å². The predicted molar refractivity (Wildman–Crippen MR) is 93.0 cm³/mol. The maximum Gasteiger partial charge on any atom is 0.408 e. The topological polar surface area (TPSA) is 142 Å². The summed E-state index contributed by atoms with van der Waals surface area (Å²) in [4.78, 5) is 38.9. The minimum atomic E-state index is -1.12. The number of hydrogen-bond acceptors (Lipinski definition) is 6. The Bertz CT molecular complexity index is 596. The van der Waals surface area contributed by atoms with Crippen LogP contribution in [0.3, 0.4) is 0 Å². The van der Waals surface area contributed by atoms with E-state index in [9.17, 15) is 14.4 Å². The Kier molecular flexibility index (Phi) is 7.26. The number of alkyl carbamates (subject to hydrolysis) is 1. The third-order valence-electron chi connectivity index (χ3n) is 4.20. The number of carbonyl (C=O) groups excluding carboxylic acids is 3. The van der Waals surface area contributed by atoms with Crippen molar-refractivity contribution < 1.29 is 23.9 Å². The van der Waals surface area contributed by atoms with Crippen molar-refractivity contribution in [1.29, 1.82) is 0 Å². The van der Waals surface area contributed by atoms with Gasteiger partial charge in [-0.2, -0.15) is 0 Å². The molecule has 10 heteroatoms. The summed E-state index contributed by atoms with van der Waals surface area (Å²) < 4.78 is 10.2. The molecule has 0 aromatic rings. The third-order valence-corrected chi connectivity index (χ3v) is 4.20. The Morgan fingerprint density at radius 2 is 2.00 bits per heavy atom. The van der Waals surface area contributed by atoms with E-state index >= 15 is 0 Å². The fraction of sp³-hybridized carbons (Fsp3) is 0.812. The van der Waals surface area contributed by atoms with Crippen LogP contribution in [0.15, 0.2) is 5.11 Å². The molecule has 2 N–H and O–H groups in total. The van der Waals surface area contributed by atoms with E-state index in [1.165, 1.54) is 6.92 Å². The molecule has 0 aromatic heterocycles. The first-order valence-electron chi connectivity index (χ1n) is 8.47. The molecule has 1 saturated heterocycles. The number of amides is 2. The number of hydrogen-bond donors (Lipinski definition) is 2. The van der Waals surface area contributed by atoms with Crippen LogP contribution in [0.5, 0.6) is 0 Å². The van der Waals surface area contributed by atoms with Gasteiger partial charge in [-0.05, 0) is 32.2 Å². The second-order valence-electron chi connectivity index (χ2n) is 7.46. The molecule has 0 saturated carbocycles. The van der Waals surface area contributed by atoms with Gasteiger partial charge in [-0.25, -0.2) is 4.79 Å². The SMILES string of the molecule is C[C@@H]1[C@H](NC(=O)[C@@H](NC(=O)OC(C)(C)C)[C@@H](C)N=[N+]=[N-])COC(=O)[C@@H]1C. The standard InChI is InChI=1S/C16H27N5O5/c1-8-9(2)14(23)25-7-11(8)18-13(22)12(10(3)20-21-17)19-15(24)26-16(4,5)6/h8-12H,7H2,1-6H3,(H,18,22)(H,19,24)/t8-,9+,10+,11+,12-/m0/s1. The van der Waals surface area contributed by atoms with Crippen LogP contribution in [0.25, 0.3) is 10.4 Å². The molecule has 146 valence electrons. The average Bonchev–Trinajstić information content (AvgIpc) is 2.51. The van der Waals surface area contributed by atoms with Crippen molar-refractivity contribution in [3.63, 3.8) is 0 Å². The van der Waals surface area contributed by atoms with Crippen LogP contribution in [-0.2, 0) is 19.1 Å². The lowest BCUT2D eigenvalue weighted by Crippen LogP contribution is -2.58. The van der Waals surface area contributed by atoms with Gasteiger partial charge in [-0.3, -0.25) is 9.59 Å². The molecule has 1 heterocycles. The van der Waals surface area contributed by atoms with Crippen molar-refractivity contribution in [2.75, 3.05) is 6.61 Å². The molecule has 0 aromatic carbocycles. The maximum atomic E-state index is 12.7. The van der Waals surface area contributed by atoms with Gasteiger partial charge in [0.2, 0.25) is 5.91 Å². The molecule has 1 aliphatic rings. The molecular formula is C16H27N5O5. The molecular weight excluding hydrogens is 342 g/mol. The molecule has 5 atom stereocenters. The number of rotatable bonds is 5. The second-order valence-corrected chi connectivity index (χ2v) is 7.46. The Hall–Kier alpha value is -2.48. The Morgan fingerprint density at radius 3 is 2.54 bits per heavy atom. The zero-order valence-electron chi connectivity index (χ0n) is 16.0. The van der Waals surface area contributed by atoms with Crippen molar-refractivity contribution in [1.82, 2.24) is 10.6 Å². The van der Waals surface area contributed by atoms with Crippen LogP contribution >= 0.6 is 0 Å². The highest BCUT2D eigenvalue weighted by atomic mass is 16.6. The summed E-state index contributed by atoms with van der Waals surface area (Å²) in [6, 6.07) is -2.37. The first kappa shape index (κ1) is 21.6. The molecule has 2 amide bonds. The summed E-state index contributed by atoms with van der Waals surface area (Å²) in [5.74, 6) is -1.36. The smallest absolute Gasteiger partial charge is 0.408 e. The van der Waals surface area contributed by atoms with Gasteiger partial charge in [0.05, 0.1) is 18.0 Å². The van der Waals surface area contributed by atoms with E-state index in [2.05, 4.69) is 20.7 Å². The van der Waals surface area contributed by atoms with E-state index < -0.39 is 35.7 Å². The molecule has 0 unspecified atom stereocenters. The van der Waals surface area contributed by atoms with Gasteiger partial charge in [0.15, 0.2) is 0 Å². The summed E-state index contributed by atoms with van der Waals surface area (Å²) in [5.41, 5.74) is 7.90. The van der Waals surface area contributed by atoms with Gasteiger partial charge >= 0.3 is 12.1 Å². The van der Waals surface area contributed by atoms with Crippen molar-refractivity contribution in [2.45, 2.75) is 65.3 Å². The largest absolute Gasteiger partial charge is 0.463 e. The average molecular weight is 369 g/mol. The highest BCUT2D eigenvalue weighted by molar-refractivity contribution is 5.87. The van der Waals surface area contributed by atoms with Gasteiger partial charge < -0.3 is 20.1 Å². The van der Waals surface area contributed by atoms with Crippen molar-refractivity contribution in [3.05, 3.63) is 10.4 Å². The van der Waals surface area contributed by atoms with Gasteiger partial charge in [0, 0.05) is 4.91 Å². The molecule has 0 spiro atoms. The number of nitrogens with zero attached hydrogens (tertiary/aromatic N) is 3. The van der Waals surface area contributed by atoms with E-state index in [1.54, 1.807) is 27.7 Å². The van der Waals surface area contributed by atoms with E-state index in [0.29, 0.717) is 0 Å². The highest BCUT2D eigenvalue weighted by Gasteiger charge is 2.37. The molecule has 0 radical (unpaired) electrons. The van der Waals surface area contributed by atoms with Crippen LogP contribution in [0, 0.1) is 11.8 Å². The fourth-order valence-corrected chi connectivity index (χ4v) is 2.45. The predicted octanol–water partition coefficient (Wildman–Crippen LogP) is 1.89. The van der Waals surface area contributed by atoms with Crippen LogP contribution in [0.4, 0.5) is 4.79 Å². The summed E-state index contributed by atoms with van der Waals surface area (Å²) in [6.45, 7) is 10.2. The second kappa shape index (κ2) is 8.75. The highest BCUT2D eigenvalue weighted by Crippen LogP contribution is 2.22. The van der Waals surface area contributed by atoms with Crippen molar-refractivity contribution in [3.8, 4) is 0 Å². The van der Waals surface area contributed by atoms with E-state index in [4.69, 9.17) is 15.0 Å². The summed E-state index contributed by atoms with van der Waals surface area (Å²) >= 11 is 0. The van der Waals surface area contributed by atoms with Crippen LogP contribution in [0.2, 0.25) is 0 Å². The normalized spacial score (nSPS) is 25.2. The molecule has 0 aliphatic carbocycles. The summed E-state index contributed by atoms with van der Waals surface area (Å²) in [5, 5.41) is 8.69. The number of nitrogens with one attached hydrogen (secondary N) is 2. The van der Waals surface area contributed by atoms with Gasteiger partial charge in [0.25, 0.3) is 0 Å². The van der Waals surface area contributed by atoms with Gasteiger partial charge in [-0.1, -0.05) is 25.9 Å². The van der Waals surface area contributed by atoms with E-state index in [1.807, 2.05) is 6.92 Å². The summed E-state index contributed by atoms with van der Waals surface area (Å²) in [6.07, 6.45) is -0.797. The number of azide groups is 1. The van der Waals surface area contributed by atoms with Crippen LogP contribution in [-0.4, -0.2) is 48.3 Å². The maximum absolute atomic E-state index is 12.7. The number of carbonyl (C=O) groups is 3. The number of esters is 1. The lowest BCUT2D eigenvalue weighted by Gasteiger charge is -2.34. The number of cyclic esters (lactones) is 1. The minimum Gasteiger partial charge on any atom is -0.463 e. The fourth-order valence-electron chi connectivity index (χ4n) is 2.45. The first-order valence-corrected chi connectivity index (χ1v) is 8.47. The minimum absolute atomic E-state index is 0.0468. The van der Waals surface area contributed by atoms with Gasteiger partial charge in [-0.15, -0.1) is 0 Å². The monoisotopic (exact) mass is 369 g/mol. The lowest BCUT2D eigenvalue weighted by molar-refractivity contribution is -0.158. The first-order chi connectivity index (χ1) is 12.0. The molecule has 1 rings (SSSR count). The summed E-state index contributed by atoms with van der Waals surface area (Å²) in [7, 11) is 0. The van der Waals surface area contributed by atoms with E-state index in [-0.39, 0.29) is 24.4 Å². The van der Waals surface area contributed by atoms with Crippen LogP contribution < -0.4 is 10.6 Å². The Morgan fingerprint density at radius 1 is 1.38 bits per heavy atom. The molecule has 1 fully saturated rings. The van der Waals surface area contributed by atoms with Gasteiger partial charge in [0.1, 0.15) is 18.2 Å². The Labute approximate surface area is 152 Å². The number of ether oxygens (including phenoxy) is 2. The van der Waals surface area contributed by atoms with Crippen molar-refractivity contribution in [2.24, 2.45) is 17.0 Å². The quantitative estimate of drug-likeness (QED) is 0.329. The zero-order chi connectivity index (χ0) is 20.1. The molecule has 26 heavy (non-hydrogen) atoms. The van der Waals surface area contributed by atoms with Crippen molar-refractivity contribution >= 4 is 18.0 Å².